The van der Waals surface area contributed by atoms with E-state index in [-0.39, 0.29) is 5.43 Å². The highest BCUT2D eigenvalue weighted by atomic mass is 79.9. The molecule has 0 saturated heterocycles. The molecule has 4 heteroatoms. The molecule has 0 bridgehead atoms. The second kappa shape index (κ2) is 5.19. The molecule has 0 radical (unpaired) electrons. The van der Waals surface area contributed by atoms with Gasteiger partial charge in [-0.15, -0.1) is 0 Å². The number of aromatic nitrogens is 1. The fraction of sp³-hybridized carbons (Fsp3) is 0.0625. The molecular formula is C16H11Br2NO. The lowest BCUT2D eigenvalue weighted by Crippen LogP contribution is -2.09. The number of rotatable bonds is 1. The Balaban J connectivity index is 2.42. The molecule has 0 atom stereocenters. The second-order valence-electron chi connectivity index (χ2n) is 4.63. The van der Waals surface area contributed by atoms with Gasteiger partial charge in [-0.3, -0.25) is 4.79 Å². The summed E-state index contributed by atoms with van der Waals surface area (Å²) in [5.74, 6) is 0. The number of halogens is 2. The first kappa shape index (κ1) is 13.6. The Morgan fingerprint density at radius 2 is 1.75 bits per heavy atom. The van der Waals surface area contributed by atoms with Crippen molar-refractivity contribution in [1.82, 2.24) is 4.98 Å². The Hall–Kier alpha value is -1.39. The summed E-state index contributed by atoms with van der Waals surface area (Å²) >= 11 is 6.94. The van der Waals surface area contributed by atoms with E-state index in [0.29, 0.717) is 5.39 Å². The molecule has 1 heterocycles. The maximum Gasteiger partial charge on any atom is 0.192 e. The number of H-pyrrole nitrogens is 1. The van der Waals surface area contributed by atoms with E-state index >= 15 is 0 Å². The smallest absolute Gasteiger partial charge is 0.192 e. The quantitative estimate of drug-likeness (QED) is 0.619. The minimum Gasteiger partial charge on any atom is -0.353 e. The summed E-state index contributed by atoms with van der Waals surface area (Å²) in [6.45, 7) is 1.86. The van der Waals surface area contributed by atoms with Crippen LogP contribution < -0.4 is 5.43 Å². The summed E-state index contributed by atoms with van der Waals surface area (Å²) in [5.41, 5.74) is 3.49. The lowest BCUT2D eigenvalue weighted by Gasteiger charge is -2.10. The van der Waals surface area contributed by atoms with Gasteiger partial charge in [0.25, 0.3) is 0 Å². The zero-order chi connectivity index (χ0) is 14.3. The first-order chi connectivity index (χ1) is 9.58. The lowest BCUT2D eigenvalue weighted by molar-refractivity contribution is 1.29. The van der Waals surface area contributed by atoms with Crippen molar-refractivity contribution in [1.29, 1.82) is 0 Å². The van der Waals surface area contributed by atoms with Gasteiger partial charge in [0.15, 0.2) is 5.43 Å². The maximum absolute atomic E-state index is 12.6. The van der Waals surface area contributed by atoms with Crippen LogP contribution >= 0.6 is 31.9 Å². The fourth-order valence-electron chi connectivity index (χ4n) is 2.31. The first-order valence-corrected chi connectivity index (χ1v) is 7.73. The van der Waals surface area contributed by atoms with E-state index in [1.54, 1.807) is 0 Å². The van der Waals surface area contributed by atoms with E-state index in [4.69, 9.17) is 0 Å². The van der Waals surface area contributed by atoms with Crippen LogP contribution in [0, 0.1) is 6.92 Å². The summed E-state index contributed by atoms with van der Waals surface area (Å²) in [6.07, 6.45) is 0. The van der Waals surface area contributed by atoms with Gasteiger partial charge in [-0.2, -0.15) is 0 Å². The zero-order valence-electron chi connectivity index (χ0n) is 10.7. The number of aromatic amines is 1. The van der Waals surface area contributed by atoms with Crippen LogP contribution in [0.4, 0.5) is 0 Å². The number of pyridine rings is 1. The third-order valence-corrected chi connectivity index (χ3v) is 4.41. The summed E-state index contributed by atoms with van der Waals surface area (Å²) in [7, 11) is 0. The average molecular weight is 393 g/mol. The van der Waals surface area contributed by atoms with E-state index in [2.05, 4.69) is 36.8 Å². The van der Waals surface area contributed by atoms with Gasteiger partial charge in [-0.1, -0.05) is 46.3 Å². The molecule has 3 aromatic rings. The Bertz CT molecular complexity index is 854. The third kappa shape index (κ3) is 2.23. The zero-order valence-corrected chi connectivity index (χ0v) is 13.9. The molecule has 0 saturated carbocycles. The van der Waals surface area contributed by atoms with Crippen LogP contribution in [0.1, 0.15) is 5.56 Å². The van der Waals surface area contributed by atoms with E-state index in [1.807, 2.05) is 49.4 Å². The van der Waals surface area contributed by atoms with Crippen molar-refractivity contribution in [3.8, 4) is 11.3 Å². The monoisotopic (exact) mass is 391 g/mol. The highest BCUT2D eigenvalue weighted by Gasteiger charge is 2.12. The molecule has 0 fully saturated rings. The normalized spacial score (nSPS) is 10.9. The van der Waals surface area contributed by atoms with Gasteiger partial charge < -0.3 is 4.98 Å². The first-order valence-electron chi connectivity index (χ1n) is 6.15. The van der Waals surface area contributed by atoms with Crippen molar-refractivity contribution >= 4 is 42.8 Å². The molecule has 2 nitrogen and oxygen atoms in total. The van der Waals surface area contributed by atoms with E-state index in [9.17, 15) is 4.79 Å². The van der Waals surface area contributed by atoms with Crippen molar-refractivity contribution in [3.05, 3.63) is 67.2 Å². The minimum absolute atomic E-state index is 0.0552. The minimum atomic E-state index is 0.0552. The number of benzene rings is 2. The van der Waals surface area contributed by atoms with Crippen LogP contribution in [0.15, 0.2) is 56.2 Å². The van der Waals surface area contributed by atoms with Crippen molar-refractivity contribution in [2.24, 2.45) is 0 Å². The molecule has 100 valence electrons. The van der Waals surface area contributed by atoms with Crippen LogP contribution in [-0.4, -0.2) is 4.98 Å². The Morgan fingerprint density at radius 3 is 2.45 bits per heavy atom. The molecule has 1 N–H and O–H groups in total. The molecule has 0 amide bonds. The summed E-state index contributed by atoms with van der Waals surface area (Å²) < 4.78 is 1.75. The van der Waals surface area contributed by atoms with Gasteiger partial charge in [0.05, 0.1) is 11.2 Å². The molecule has 20 heavy (non-hydrogen) atoms. The second-order valence-corrected chi connectivity index (χ2v) is 6.40. The van der Waals surface area contributed by atoms with E-state index < -0.39 is 0 Å². The van der Waals surface area contributed by atoms with Gasteiger partial charge >= 0.3 is 0 Å². The van der Waals surface area contributed by atoms with Crippen LogP contribution in [0.25, 0.3) is 22.2 Å². The Morgan fingerprint density at radius 1 is 1.05 bits per heavy atom. The predicted molar refractivity (Wildman–Crippen MR) is 90.1 cm³/mol. The van der Waals surface area contributed by atoms with Gasteiger partial charge in [0.1, 0.15) is 0 Å². The van der Waals surface area contributed by atoms with Crippen LogP contribution in [0.3, 0.4) is 0 Å². The van der Waals surface area contributed by atoms with E-state index in [1.165, 1.54) is 0 Å². The van der Waals surface area contributed by atoms with Crippen molar-refractivity contribution in [3.63, 3.8) is 0 Å². The molecule has 3 rings (SSSR count). The largest absolute Gasteiger partial charge is 0.353 e. The van der Waals surface area contributed by atoms with Gasteiger partial charge in [0, 0.05) is 19.9 Å². The van der Waals surface area contributed by atoms with Gasteiger partial charge in [-0.05, 0) is 40.5 Å². The molecule has 1 aromatic heterocycles. The third-order valence-electron chi connectivity index (χ3n) is 3.33. The van der Waals surface area contributed by atoms with Crippen LogP contribution in [-0.2, 0) is 0 Å². The predicted octanol–water partition coefficient (Wildman–Crippen LogP) is 5.03. The highest BCUT2D eigenvalue weighted by Crippen LogP contribution is 2.29. The van der Waals surface area contributed by atoms with Gasteiger partial charge in [-0.25, -0.2) is 0 Å². The number of hydrogen-bond acceptors (Lipinski definition) is 1. The maximum atomic E-state index is 12.6. The summed E-state index contributed by atoms with van der Waals surface area (Å²) in [6, 6.07) is 13.7. The lowest BCUT2D eigenvalue weighted by atomic mass is 10.0. The van der Waals surface area contributed by atoms with Crippen molar-refractivity contribution < 1.29 is 0 Å². The summed E-state index contributed by atoms with van der Waals surface area (Å²) in [4.78, 5) is 15.9. The van der Waals surface area contributed by atoms with Gasteiger partial charge in [0.2, 0.25) is 0 Å². The van der Waals surface area contributed by atoms with Crippen LogP contribution in [0.2, 0.25) is 0 Å². The SMILES string of the molecule is Cc1c(-c2ccccc2)[nH]c2c(Br)cc(Br)cc2c1=O. The average Bonchev–Trinajstić information content (AvgIpc) is 2.44. The summed E-state index contributed by atoms with van der Waals surface area (Å²) in [5, 5.41) is 0.684. The Labute approximate surface area is 133 Å². The molecule has 0 aliphatic carbocycles. The molecular weight excluding hydrogens is 382 g/mol. The molecule has 0 unspecified atom stereocenters. The fourth-order valence-corrected chi connectivity index (χ4v) is 3.63. The number of hydrogen-bond donors (Lipinski definition) is 1. The Kier molecular flexibility index (Phi) is 3.52. The molecule has 0 spiro atoms. The molecule has 2 aromatic carbocycles. The van der Waals surface area contributed by atoms with E-state index in [0.717, 1.165) is 31.3 Å². The van der Waals surface area contributed by atoms with Crippen LogP contribution in [0.5, 0.6) is 0 Å². The van der Waals surface area contributed by atoms with Crippen molar-refractivity contribution in [2.75, 3.05) is 0 Å². The molecule has 0 aliphatic heterocycles. The standard InChI is InChI=1S/C16H11Br2NO/c1-9-14(10-5-3-2-4-6-10)19-15-12(16(9)20)7-11(17)8-13(15)18/h2-8H,1H3,(H,19,20). The molecule has 0 aliphatic rings. The van der Waals surface area contributed by atoms with Crippen molar-refractivity contribution in [2.45, 2.75) is 6.92 Å². The number of fused-ring (bicyclic) bond motifs is 1. The number of nitrogens with one attached hydrogen (secondary N) is 1. The topological polar surface area (TPSA) is 32.9 Å². The highest BCUT2D eigenvalue weighted by molar-refractivity contribution is 9.11.